The molecule has 6 nitrogen and oxygen atoms in total. The van der Waals surface area contributed by atoms with Gasteiger partial charge in [-0.1, -0.05) is 0 Å². The molecule has 0 unspecified atom stereocenters. The molecule has 1 amide bonds. The first-order chi connectivity index (χ1) is 13.3. The number of aromatic amines is 1. The van der Waals surface area contributed by atoms with Gasteiger partial charge in [0.2, 0.25) is 0 Å². The van der Waals surface area contributed by atoms with Crippen LogP contribution in [0.4, 0.5) is 13.2 Å². The number of halogens is 3. The third-order valence-corrected chi connectivity index (χ3v) is 4.76. The van der Waals surface area contributed by atoms with Crippen molar-refractivity contribution >= 4 is 16.9 Å². The van der Waals surface area contributed by atoms with Gasteiger partial charge >= 0.3 is 6.18 Å². The van der Waals surface area contributed by atoms with E-state index in [1.807, 2.05) is 6.07 Å². The van der Waals surface area contributed by atoms with Gasteiger partial charge in [0.1, 0.15) is 5.82 Å². The zero-order chi connectivity index (χ0) is 19.9. The van der Waals surface area contributed by atoms with Gasteiger partial charge in [0, 0.05) is 19.8 Å². The smallest absolute Gasteiger partial charge is 0.340 e. The largest absolute Gasteiger partial charge is 0.416 e. The highest BCUT2D eigenvalue weighted by atomic mass is 19.4. The van der Waals surface area contributed by atoms with Crippen LogP contribution in [0.15, 0.2) is 30.5 Å². The van der Waals surface area contributed by atoms with Crippen LogP contribution in [0.2, 0.25) is 0 Å². The van der Waals surface area contributed by atoms with E-state index >= 15 is 0 Å². The topological polar surface area (TPSA) is 73.9 Å². The maximum atomic E-state index is 12.8. The number of nitrogens with zero attached hydrogens (tertiary/aromatic N) is 3. The van der Waals surface area contributed by atoms with Crippen LogP contribution in [0.1, 0.15) is 33.0 Å². The Balaban J connectivity index is 1.52. The van der Waals surface area contributed by atoms with Crippen molar-refractivity contribution in [2.24, 2.45) is 0 Å². The number of benzene rings is 1. The normalized spacial score (nSPS) is 14.1. The van der Waals surface area contributed by atoms with Crippen LogP contribution in [0.5, 0.6) is 0 Å². The van der Waals surface area contributed by atoms with Gasteiger partial charge in [-0.15, -0.1) is 0 Å². The summed E-state index contributed by atoms with van der Waals surface area (Å²) in [4.78, 5) is 25.7. The Morgan fingerprint density at radius 3 is 2.89 bits per heavy atom. The first-order valence-electron chi connectivity index (χ1n) is 8.81. The van der Waals surface area contributed by atoms with Gasteiger partial charge in [-0.3, -0.25) is 9.78 Å². The number of alkyl halides is 3. The molecule has 0 saturated carbocycles. The highest BCUT2D eigenvalue weighted by molar-refractivity contribution is 5.94. The number of rotatable bonds is 3. The quantitative estimate of drug-likeness (QED) is 0.723. The first-order valence-corrected chi connectivity index (χ1v) is 8.81. The second-order valence-corrected chi connectivity index (χ2v) is 6.83. The number of amides is 1. The fourth-order valence-corrected chi connectivity index (χ4v) is 3.29. The summed E-state index contributed by atoms with van der Waals surface area (Å²) >= 11 is 0. The Morgan fingerprint density at radius 2 is 2.11 bits per heavy atom. The number of nitrogens with one attached hydrogen (secondary N) is 2. The Labute approximate surface area is 158 Å². The molecule has 2 aromatic heterocycles. The minimum absolute atomic E-state index is 0.146. The van der Waals surface area contributed by atoms with Crippen LogP contribution in [0.3, 0.4) is 0 Å². The zero-order valence-corrected chi connectivity index (χ0v) is 15.1. The van der Waals surface area contributed by atoms with E-state index in [2.05, 4.69) is 20.3 Å². The molecule has 0 spiro atoms. The molecule has 0 fully saturated rings. The Kier molecular flexibility index (Phi) is 4.54. The average Bonchev–Trinajstić information content (AvgIpc) is 3.07. The van der Waals surface area contributed by atoms with Crippen molar-refractivity contribution in [1.29, 1.82) is 0 Å². The summed E-state index contributed by atoms with van der Waals surface area (Å²) in [5.74, 6) is 0.200. The summed E-state index contributed by atoms with van der Waals surface area (Å²) in [5.41, 5.74) is 2.46. The van der Waals surface area contributed by atoms with E-state index in [9.17, 15) is 18.0 Å². The van der Waals surface area contributed by atoms with Crippen molar-refractivity contribution in [3.63, 3.8) is 0 Å². The summed E-state index contributed by atoms with van der Waals surface area (Å²) in [6.07, 6.45) is -2.04. The van der Waals surface area contributed by atoms with E-state index in [1.54, 1.807) is 13.2 Å². The highest BCUT2D eigenvalue weighted by Gasteiger charge is 2.30. The lowest BCUT2D eigenvalue weighted by Crippen LogP contribution is -2.29. The molecule has 0 bridgehead atoms. The molecule has 0 atom stereocenters. The van der Waals surface area contributed by atoms with Gasteiger partial charge in [-0.25, -0.2) is 4.98 Å². The maximum Gasteiger partial charge on any atom is 0.416 e. The fraction of sp³-hybridized carbons (Fsp3) is 0.316. The van der Waals surface area contributed by atoms with Gasteiger partial charge in [-0.2, -0.15) is 13.2 Å². The third-order valence-electron chi connectivity index (χ3n) is 4.76. The van der Waals surface area contributed by atoms with Gasteiger partial charge in [0.25, 0.3) is 5.91 Å². The lowest BCUT2D eigenvalue weighted by molar-refractivity contribution is -0.137. The van der Waals surface area contributed by atoms with Gasteiger partial charge < -0.3 is 15.2 Å². The molecule has 9 heteroatoms. The SMILES string of the molecule is CN(Cc1nc2ccc(C(F)(F)F)cc2[nH]1)C(=O)c1cnc2c(c1)CCNC2. The van der Waals surface area contributed by atoms with Gasteiger partial charge in [0.15, 0.2) is 0 Å². The molecule has 4 rings (SSSR count). The Hall–Kier alpha value is -2.94. The predicted octanol–water partition coefficient (Wildman–Crippen LogP) is 2.89. The molecular weight excluding hydrogens is 371 g/mol. The molecule has 1 aliphatic rings. The predicted molar refractivity (Wildman–Crippen MR) is 96.5 cm³/mol. The van der Waals surface area contributed by atoms with Crippen molar-refractivity contribution in [2.45, 2.75) is 25.7 Å². The number of H-pyrrole nitrogens is 1. The lowest BCUT2D eigenvalue weighted by atomic mass is 10.0. The number of imidazole rings is 1. The molecule has 146 valence electrons. The summed E-state index contributed by atoms with van der Waals surface area (Å²) in [6.45, 7) is 1.69. The maximum absolute atomic E-state index is 12.8. The van der Waals surface area contributed by atoms with E-state index in [0.717, 1.165) is 36.4 Å². The lowest BCUT2D eigenvalue weighted by Gasteiger charge is -2.19. The second kappa shape index (κ2) is 6.90. The van der Waals surface area contributed by atoms with Crippen molar-refractivity contribution in [1.82, 2.24) is 25.2 Å². The van der Waals surface area contributed by atoms with Gasteiger partial charge in [0.05, 0.1) is 34.4 Å². The molecule has 0 saturated heterocycles. The number of carbonyl (C=O) groups excluding carboxylic acids is 1. The summed E-state index contributed by atoms with van der Waals surface area (Å²) in [5, 5.41) is 3.23. The van der Waals surface area contributed by atoms with Crippen LogP contribution in [0, 0.1) is 0 Å². The molecule has 3 heterocycles. The fourth-order valence-electron chi connectivity index (χ4n) is 3.29. The Bertz CT molecular complexity index is 1040. The van der Waals surface area contributed by atoms with E-state index in [0.29, 0.717) is 23.4 Å². The average molecular weight is 389 g/mol. The standard InChI is InChI=1S/C19H18F3N5O/c1-27(18(28)12-6-11-4-5-23-9-16(11)24-8-12)10-17-25-14-3-2-13(19(20,21)22)7-15(14)26-17/h2-3,6-8,23H,4-5,9-10H2,1H3,(H,25,26). The number of fused-ring (bicyclic) bond motifs is 2. The van der Waals surface area contributed by atoms with Crippen molar-refractivity contribution < 1.29 is 18.0 Å². The van der Waals surface area contributed by atoms with E-state index in [4.69, 9.17) is 0 Å². The monoisotopic (exact) mass is 389 g/mol. The number of aromatic nitrogens is 3. The van der Waals surface area contributed by atoms with Crippen LogP contribution in [-0.4, -0.2) is 39.4 Å². The van der Waals surface area contributed by atoms with Crippen LogP contribution in [-0.2, 0) is 25.7 Å². The van der Waals surface area contributed by atoms with E-state index < -0.39 is 11.7 Å². The van der Waals surface area contributed by atoms with Crippen LogP contribution >= 0.6 is 0 Å². The van der Waals surface area contributed by atoms with Crippen molar-refractivity contribution in [2.75, 3.05) is 13.6 Å². The highest BCUT2D eigenvalue weighted by Crippen LogP contribution is 2.31. The van der Waals surface area contributed by atoms with Crippen molar-refractivity contribution in [3.05, 3.63) is 58.7 Å². The molecule has 1 aromatic carbocycles. The molecule has 28 heavy (non-hydrogen) atoms. The number of pyridine rings is 1. The van der Waals surface area contributed by atoms with Gasteiger partial charge in [-0.05, 0) is 42.8 Å². The van der Waals surface area contributed by atoms with E-state index in [1.165, 1.54) is 11.0 Å². The zero-order valence-electron chi connectivity index (χ0n) is 15.1. The van der Waals surface area contributed by atoms with E-state index in [-0.39, 0.29) is 18.0 Å². The van der Waals surface area contributed by atoms with Crippen LogP contribution < -0.4 is 5.32 Å². The van der Waals surface area contributed by atoms with Crippen LogP contribution in [0.25, 0.3) is 11.0 Å². The molecule has 3 aromatic rings. The number of hydrogen-bond donors (Lipinski definition) is 2. The molecular formula is C19H18F3N5O. The van der Waals surface area contributed by atoms with Crippen molar-refractivity contribution in [3.8, 4) is 0 Å². The molecule has 2 N–H and O–H groups in total. The summed E-state index contributed by atoms with van der Waals surface area (Å²) < 4.78 is 38.5. The summed E-state index contributed by atoms with van der Waals surface area (Å²) in [7, 11) is 1.62. The number of hydrogen-bond acceptors (Lipinski definition) is 4. The number of carbonyl (C=O) groups is 1. The Morgan fingerprint density at radius 1 is 1.29 bits per heavy atom. The third kappa shape index (κ3) is 3.57. The molecule has 1 aliphatic heterocycles. The first kappa shape index (κ1) is 18.4. The molecule has 0 aliphatic carbocycles. The summed E-state index contributed by atoms with van der Waals surface area (Å²) in [6, 6.07) is 5.20. The molecule has 0 radical (unpaired) electrons. The minimum atomic E-state index is -4.42. The minimum Gasteiger partial charge on any atom is -0.340 e. The second-order valence-electron chi connectivity index (χ2n) is 6.83.